The minimum atomic E-state index is -0.567. The average Bonchev–Trinajstić information content (AvgIpc) is 4.29. The molecule has 2 nitrogen and oxygen atoms in total. The van der Waals surface area contributed by atoms with Crippen molar-refractivity contribution < 1.29 is 0 Å². The van der Waals surface area contributed by atoms with Crippen molar-refractivity contribution >= 4 is 56.8 Å². The highest BCUT2D eigenvalue weighted by atomic mass is 32.1. The third-order valence-corrected chi connectivity index (χ3v) is 18.3. The second-order valence-electron chi connectivity index (χ2n) is 19.5. The van der Waals surface area contributed by atoms with Gasteiger partial charge in [-0.1, -0.05) is 194 Å². The fraction of sp³-hybridized carbons (Fsp3) is 0.0286. The van der Waals surface area contributed by atoms with Crippen LogP contribution in [-0.2, 0) is 10.8 Å². The largest absolute Gasteiger partial charge is 0.311 e. The lowest BCUT2D eigenvalue weighted by molar-refractivity contribution is 0.662. The number of thiophene rings is 2. The summed E-state index contributed by atoms with van der Waals surface area (Å²) in [5.41, 5.74) is 21.4. The van der Waals surface area contributed by atoms with Crippen molar-refractivity contribution in [3.63, 3.8) is 0 Å². The summed E-state index contributed by atoms with van der Waals surface area (Å²) in [4.78, 5) is 10.0. The average molecular weight is 979 g/mol. The molecule has 12 aromatic rings. The summed E-state index contributed by atoms with van der Waals surface area (Å²) in [6.45, 7) is 0. The van der Waals surface area contributed by atoms with Crippen LogP contribution in [0.25, 0.3) is 43.1 Å². The molecule has 0 amide bonds. The zero-order valence-electron chi connectivity index (χ0n) is 40.3. The summed E-state index contributed by atoms with van der Waals surface area (Å²) >= 11 is 3.97. The number of para-hydroxylation sites is 4. The van der Waals surface area contributed by atoms with Crippen LogP contribution >= 0.6 is 22.7 Å². The molecular weight excluding hydrogens is 933 g/mol. The molecule has 0 unspecified atom stereocenters. The van der Waals surface area contributed by atoms with Crippen LogP contribution in [0.5, 0.6) is 0 Å². The first-order chi connectivity index (χ1) is 36.7. The zero-order chi connectivity index (χ0) is 48.8. The van der Waals surface area contributed by atoms with Crippen LogP contribution in [0.15, 0.2) is 279 Å². The standard InChI is InChI=1S/C70H46N2S2/c1-5-21-49(22-6-1)71(50-23-7-2-8-24-50)53-41-37-47(38-42-53)65-45-63-67(73-65)70(61-35-19-15-31-57(61)58-32-16-20-36-62(58)70)64-46-66(74-68(64)69(63)59-33-17-13-29-55(59)56-30-14-18-34-60(56)69)48-39-43-54(44-40-48)72(51-25-9-3-10-26-51)52-27-11-4-12-28-52/h1-46H. The van der Waals surface area contributed by atoms with Crippen LogP contribution in [0.2, 0.25) is 0 Å². The number of anilines is 6. The normalized spacial score (nSPS) is 13.6. The van der Waals surface area contributed by atoms with Gasteiger partial charge in [0.05, 0.1) is 10.8 Å². The van der Waals surface area contributed by atoms with Gasteiger partial charge in [0, 0.05) is 53.6 Å². The van der Waals surface area contributed by atoms with E-state index in [2.05, 4.69) is 289 Å². The molecular formula is C70H46N2S2. The lowest BCUT2D eigenvalue weighted by atomic mass is 9.58. The Bertz CT molecular complexity index is 3580. The summed E-state index contributed by atoms with van der Waals surface area (Å²) < 4.78 is 0. The van der Waals surface area contributed by atoms with E-state index < -0.39 is 10.8 Å². The van der Waals surface area contributed by atoms with E-state index in [1.165, 1.54) is 86.3 Å². The topological polar surface area (TPSA) is 6.48 Å². The van der Waals surface area contributed by atoms with Crippen molar-refractivity contribution in [2.75, 3.05) is 9.80 Å². The molecule has 2 spiro atoms. The third-order valence-electron chi connectivity index (χ3n) is 15.7. The number of fused-ring (bicyclic) bond motifs is 16. The maximum atomic E-state index is 2.59. The van der Waals surface area contributed by atoms with E-state index in [1.807, 2.05) is 22.7 Å². The van der Waals surface area contributed by atoms with Gasteiger partial charge in [0.25, 0.3) is 0 Å². The first-order valence-corrected chi connectivity index (χ1v) is 27.0. The quantitative estimate of drug-likeness (QED) is 0.150. The Morgan fingerprint density at radius 3 is 0.757 bits per heavy atom. The molecule has 0 N–H and O–H groups in total. The summed E-state index contributed by atoms with van der Waals surface area (Å²) in [6, 6.07) is 103. The molecule has 348 valence electrons. The Hall–Kier alpha value is -8.80. The smallest absolute Gasteiger partial charge is 0.0821 e. The Morgan fingerprint density at radius 1 is 0.230 bits per heavy atom. The van der Waals surface area contributed by atoms with Crippen molar-refractivity contribution in [1.29, 1.82) is 0 Å². The van der Waals surface area contributed by atoms with Crippen molar-refractivity contribution in [2.45, 2.75) is 10.8 Å². The number of hydrogen-bond acceptors (Lipinski definition) is 4. The molecule has 3 aliphatic carbocycles. The van der Waals surface area contributed by atoms with Gasteiger partial charge >= 0.3 is 0 Å². The Kier molecular flexibility index (Phi) is 9.78. The molecule has 0 bridgehead atoms. The van der Waals surface area contributed by atoms with E-state index in [9.17, 15) is 0 Å². The maximum Gasteiger partial charge on any atom is 0.0821 e. The molecule has 0 saturated carbocycles. The molecule has 0 aliphatic heterocycles. The van der Waals surface area contributed by atoms with E-state index >= 15 is 0 Å². The summed E-state index contributed by atoms with van der Waals surface area (Å²) in [7, 11) is 0. The van der Waals surface area contributed by atoms with Crippen LogP contribution in [0.4, 0.5) is 34.1 Å². The molecule has 3 aliphatic rings. The highest BCUT2D eigenvalue weighted by Gasteiger charge is 2.61. The van der Waals surface area contributed by atoms with Crippen LogP contribution < -0.4 is 9.80 Å². The second-order valence-corrected chi connectivity index (χ2v) is 21.6. The van der Waals surface area contributed by atoms with E-state index in [1.54, 1.807) is 0 Å². The number of nitrogens with zero attached hydrogens (tertiary/aromatic N) is 2. The molecule has 10 aromatic carbocycles. The van der Waals surface area contributed by atoms with Gasteiger partial charge in [0.1, 0.15) is 0 Å². The van der Waals surface area contributed by atoms with Crippen molar-refractivity contribution in [3.8, 4) is 43.1 Å². The first-order valence-electron chi connectivity index (χ1n) is 25.4. The molecule has 74 heavy (non-hydrogen) atoms. The molecule has 15 rings (SSSR count). The first kappa shape index (κ1) is 42.8. The zero-order valence-corrected chi connectivity index (χ0v) is 41.9. The number of benzene rings is 10. The lowest BCUT2D eigenvalue weighted by Crippen LogP contribution is -2.41. The summed E-state index contributed by atoms with van der Waals surface area (Å²) in [5.74, 6) is 0. The molecule has 0 radical (unpaired) electrons. The summed E-state index contributed by atoms with van der Waals surface area (Å²) in [5, 5.41) is 0. The second kappa shape index (κ2) is 16.9. The van der Waals surface area contributed by atoms with Crippen LogP contribution in [0.3, 0.4) is 0 Å². The van der Waals surface area contributed by atoms with Crippen molar-refractivity contribution in [1.82, 2.24) is 0 Å². The monoisotopic (exact) mass is 978 g/mol. The highest BCUT2D eigenvalue weighted by Crippen LogP contribution is 2.71. The van der Waals surface area contributed by atoms with E-state index in [0.29, 0.717) is 0 Å². The lowest BCUT2D eigenvalue weighted by Gasteiger charge is -2.45. The van der Waals surface area contributed by atoms with Crippen LogP contribution in [0, 0.1) is 0 Å². The molecule has 0 atom stereocenters. The van der Waals surface area contributed by atoms with Gasteiger partial charge in [-0.15, -0.1) is 22.7 Å². The molecule has 4 heteroatoms. The van der Waals surface area contributed by atoms with E-state index in [-0.39, 0.29) is 0 Å². The molecule has 2 aromatic heterocycles. The van der Waals surface area contributed by atoms with Gasteiger partial charge in [-0.05, 0) is 152 Å². The van der Waals surface area contributed by atoms with Crippen LogP contribution in [0.1, 0.15) is 43.1 Å². The maximum absolute atomic E-state index is 2.59. The SMILES string of the molecule is c1ccc(N(c2ccccc2)c2ccc(-c3cc4c(s3)C3(c5ccccc5-c5ccccc53)c3cc(-c5ccc(N(c6ccccc6)c6ccccc6)cc5)sc3C43c4ccccc4-c4ccccc43)cc2)cc1. The molecule has 0 fully saturated rings. The van der Waals surface area contributed by atoms with Gasteiger partial charge in [0.2, 0.25) is 0 Å². The van der Waals surface area contributed by atoms with Crippen molar-refractivity contribution in [3.05, 3.63) is 322 Å². The number of rotatable bonds is 8. The van der Waals surface area contributed by atoms with E-state index in [0.717, 1.165) is 34.1 Å². The van der Waals surface area contributed by atoms with Gasteiger partial charge in [-0.3, -0.25) is 0 Å². The van der Waals surface area contributed by atoms with E-state index in [4.69, 9.17) is 0 Å². The Morgan fingerprint density at radius 2 is 0.473 bits per heavy atom. The molecule has 0 saturated heterocycles. The predicted molar refractivity (Wildman–Crippen MR) is 311 cm³/mol. The fourth-order valence-corrected chi connectivity index (χ4v) is 15.6. The van der Waals surface area contributed by atoms with Crippen molar-refractivity contribution in [2.24, 2.45) is 0 Å². The van der Waals surface area contributed by atoms with Gasteiger partial charge in [-0.2, -0.15) is 0 Å². The Balaban J connectivity index is 0.971. The van der Waals surface area contributed by atoms with Gasteiger partial charge in [-0.25, -0.2) is 0 Å². The molecule has 2 heterocycles. The Labute approximate surface area is 440 Å². The summed E-state index contributed by atoms with van der Waals surface area (Å²) in [6.07, 6.45) is 0. The van der Waals surface area contributed by atoms with Gasteiger partial charge in [0.15, 0.2) is 0 Å². The van der Waals surface area contributed by atoms with Gasteiger partial charge < -0.3 is 9.80 Å². The predicted octanol–water partition coefficient (Wildman–Crippen LogP) is 19.1. The fourth-order valence-electron chi connectivity index (χ4n) is 12.7. The number of hydrogen-bond donors (Lipinski definition) is 0. The van der Waals surface area contributed by atoms with Crippen LogP contribution in [-0.4, -0.2) is 0 Å². The highest BCUT2D eigenvalue weighted by molar-refractivity contribution is 7.17. The third kappa shape index (κ3) is 6.16. The minimum Gasteiger partial charge on any atom is -0.311 e. The minimum absolute atomic E-state index is 0.567.